The van der Waals surface area contributed by atoms with Crippen molar-refractivity contribution in [1.82, 2.24) is 15.1 Å². The van der Waals surface area contributed by atoms with Gasteiger partial charge in [-0.05, 0) is 38.5 Å². The Hall–Kier alpha value is -2.34. The predicted octanol–water partition coefficient (Wildman–Crippen LogP) is 2.68. The SMILES string of the molecule is CC(C)n1cc2cc(NC(=O)N[C@@H]3C=C[C@H](CO)C3)ccc2n1. The third-order valence-electron chi connectivity index (χ3n) is 4.03. The second-order valence-corrected chi connectivity index (χ2v) is 6.24. The summed E-state index contributed by atoms with van der Waals surface area (Å²) in [5, 5.41) is 20.3. The fraction of sp³-hybridized carbons (Fsp3) is 0.412. The molecule has 0 saturated heterocycles. The maximum atomic E-state index is 12.1. The van der Waals surface area contributed by atoms with Crippen LogP contribution in [0.3, 0.4) is 0 Å². The lowest BCUT2D eigenvalue weighted by atomic mass is 10.1. The van der Waals surface area contributed by atoms with Crippen molar-refractivity contribution in [2.24, 2.45) is 5.92 Å². The number of amides is 2. The zero-order valence-corrected chi connectivity index (χ0v) is 13.4. The number of carbonyl (C=O) groups excluding carboxylic acids is 1. The quantitative estimate of drug-likeness (QED) is 0.759. The molecule has 2 atom stereocenters. The topological polar surface area (TPSA) is 79.2 Å². The molecule has 0 bridgehead atoms. The number of urea groups is 1. The summed E-state index contributed by atoms with van der Waals surface area (Å²) < 4.78 is 1.91. The molecule has 0 unspecified atom stereocenters. The fourth-order valence-electron chi connectivity index (χ4n) is 2.74. The minimum absolute atomic E-state index is 0.0282. The van der Waals surface area contributed by atoms with Crippen LogP contribution >= 0.6 is 0 Å². The van der Waals surface area contributed by atoms with Crippen LogP contribution in [0.1, 0.15) is 26.3 Å². The van der Waals surface area contributed by atoms with E-state index in [0.717, 1.165) is 23.0 Å². The van der Waals surface area contributed by atoms with Gasteiger partial charge in [-0.25, -0.2) is 4.79 Å². The summed E-state index contributed by atoms with van der Waals surface area (Å²) >= 11 is 0. The van der Waals surface area contributed by atoms with E-state index in [1.165, 1.54) is 0 Å². The zero-order chi connectivity index (χ0) is 16.4. The Labute approximate surface area is 135 Å². The maximum absolute atomic E-state index is 12.1. The third kappa shape index (κ3) is 3.53. The molecule has 6 heteroatoms. The van der Waals surface area contributed by atoms with Gasteiger partial charge in [-0.2, -0.15) is 5.10 Å². The number of aliphatic hydroxyl groups is 1. The van der Waals surface area contributed by atoms with Gasteiger partial charge in [0.2, 0.25) is 0 Å². The number of anilines is 1. The summed E-state index contributed by atoms with van der Waals surface area (Å²) in [4.78, 5) is 12.1. The van der Waals surface area contributed by atoms with E-state index in [-0.39, 0.29) is 24.6 Å². The van der Waals surface area contributed by atoms with Crippen molar-refractivity contribution in [2.75, 3.05) is 11.9 Å². The fourth-order valence-corrected chi connectivity index (χ4v) is 2.74. The van der Waals surface area contributed by atoms with Crippen molar-refractivity contribution in [3.05, 3.63) is 36.5 Å². The molecule has 3 rings (SSSR count). The molecule has 2 aromatic rings. The highest BCUT2D eigenvalue weighted by atomic mass is 16.3. The van der Waals surface area contributed by atoms with E-state index in [1.807, 2.05) is 41.2 Å². The number of hydrogen-bond donors (Lipinski definition) is 3. The number of rotatable bonds is 4. The molecule has 0 aliphatic heterocycles. The molecule has 1 aliphatic carbocycles. The third-order valence-corrected chi connectivity index (χ3v) is 4.03. The van der Waals surface area contributed by atoms with Crippen LogP contribution in [0.15, 0.2) is 36.5 Å². The Balaban J connectivity index is 1.64. The van der Waals surface area contributed by atoms with Crippen LogP contribution in [-0.4, -0.2) is 33.6 Å². The van der Waals surface area contributed by atoms with E-state index >= 15 is 0 Å². The van der Waals surface area contributed by atoms with Crippen LogP contribution in [0.5, 0.6) is 0 Å². The molecule has 0 spiro atoms. The van der Waals surface area contributed by atoms with E-state index in [2.05, 4.69) is 29.6 Å². The molecule has 0 saturated carbocycles. The normalized spacial score (nSPS) is 20.3. The highest BCUT2D eigenvalue weighted by Gasteiger charge is 2.19. The van der Waals surface area contributed by atoms with Crippen LogP contribution in [0, 0.1) is 5.92 Å². The number of fused-ring (bicyclic) bond motifs is 1. The second-order valence-electron chi connectivity index (χ2n) is 6.24. The van der Waals surface area contributed by atoms with Crippen molar-refractivity contribution >= 4 is 22.6 Å². The summed E-state index contributed by atoms with van der Waals surface area (Å²) in [6.45, 7) is 4.27. The molecule has 3 N–H and O–H groups in total. The highest BCUT2D eigenvalue weighted by Crippen LogP contribution is 2.20. The Morgan fingerprint density at radius 3 is 2.96 bits per heavy atom. The maximum Gasteiger partial charge on any atom is 0.319 e. The largest absolute Gasteiger partial charge is 0.396 e. The summed E-state index contributed by atoms with van der Waals surface area (Å²) in [6.07, 6.45) is 6.59. The number of hydrogen-bond acceptors (Lipinski definition) is 3. The molecule has 1 aromatic carbocycles. The Morgan fingerprint density at radius 1 is 1.43 bits per heavy atom. The average molecular weight is 314 g/mol. The van der Waals surface area contributed by atoms with Crippen LogP contribution < -0.4 is 10.6 Å². The number of aliphatic hydroxyl groups excluding tert-OH is 1. The zero-order valence-electron chi connectivity index (χ0n) is 13.4. The van der Waals surface area contributed by atoms with E-state index < -0.39 is 0 Å². The Morgan fingerprint density at radius 2 is 2.26 bits per heavy atom. The van der Waals surface area contributed by atoms with Crippen molar-refractivity contribution in [2.45, 2.75) is 32.4 Å². The van der Waals surface area contributed by atoms with Crippen molar-refractivity contribution in [1.29, 1.82) is 0 Å². The van der Waals surface area contributed by atoms with Crippen LogP contribution in [-0.2, 0) is 0 Å². The van der Waals surface area contributed by atoms with Crippen molar-refractivity contribution < 1.29 is 9.90 Å². The Kier molecular flexibility index (Phi) is 4.34. The molecule has 1 aromatic heterocycles. The minimum Gasteiger partial charge on any atom is -0.396 e. The Bertz CT molecular complexity index is 735. The molecular weight excluding hydrogens is 292 g/mol. The first-order chi connectivity index (χ1) is 11.0. The van der Waals surface area contributed by atoms with Crippen LogP contribution in [0.2, 0.25) is 0 Å². The summed E-state index contributed by atoms with van der Waals surface area (Å²) in [7, 11) is 0. The van der Waals surface area contributed by atoms with Gasteiger partial charge in [0.05, 0.1) is 5.52 Å². The standard InChI is InChI=1S/C17H22N4O2/c1-11(2)21-9-13-8-15(5-6-16(13)20-21)19-17(23)18-14-4-3-12(7-14)10-22/h3-6,8-9,11-12,14,22H,7,10H2,1-2H3,(H2,18,19,23)/t12-,14+/m0/s1. The lowest BCUT2D eigenvalue weighted by Crippen LogP contribution is -2.36. The first-order valence-corrected chi connectivity index (χ1v) is 7.91. The van der Waals surface area contributed by atoms with Gasteiger partial charge in [-0.15, -0.1) is 0 Å². The van der Waals surface area contributed by atoms with Crippen molar-refractivity contribution in [3.63, 3.8) is 0 Å². The van der Waals surface area contributed by atoms with E-state index in [4.69, 9.17) is 5.11 Å². The smallest absolute Gasteiger partial charge is 0.319 e. The molecule has 2 amide bonds. The molecule has 23 heavy (non-hydrogen) atoms. The summed E-state index contributed by atoms with van der Waals surface area (Å²) in [5.74, 6) is 0.138. The van der Waals surface area contributed by atoms with Gasteiger partial charge in [-0.1, -0.05) is 12.2 Å². The van der Waals surface area contributed by atoms with Gasteiger partial charge in [0.15, 0.2) is 0 Å². The molecule has 6 nitrogen and oxygen atoms in total. The first kappa shape index (κ1) is 15.6. The van der Waals surface area contributed by atoms with E-state index in [1.54, 1.807) is 0 Å². The molecule has 122 valence electrons. The van der Waals surface area contributed by atoms with Crippen molar-refractivity contribution in [3.8, 4) is 0 Å². The number of aromatic nitrogens is 2. The summed E-state index contributed by atoms with van der Waals surface area (Å²) in [5.41, 5.74) is 1.65. The molecule has 1 heterocycles. The molecule has 0 fully saturated rings. The number of nitrogens with one attached hydrogen (secondary N) is 2. The van der Waals surface area contributed by atoms with Gasteiger partial charge in [0.1, 0.15) is 0 Å². The van der Waals surface area contributed by atoms with Crippen LogP contribution in [0.25, 0.3) is 10.9 Å². The van der Waals surface area contributed by atoms with E-state index in [0.29, 0.717) is 6.04 Å². The van der Waals surface area contributed by atoms with E-state index in [9.17, 15) is 4.79 Å². The highest BCUT2D eigenvalue weighted by molar-refractivity contribution is 5.92. The number of benzene rings is 1. The number of nitrogens with zero attached hydrogens (tertiary/aromatic N) is 2. The molecule has 0 radical (unpaired) electrons. The van der Waals surface area contributed by atoms with Gasteiger partial charge < -0.3 is 15.7 Å². The van der Waals surface area contributed by atoms with Gasteiger partial charge >= 0.3 is 6.03 Å². The van der Waals surface area contributed by atoms with Gasteiger partial charge in [-0.3, -0.25) is 4.68 Å². The molecule has 1 aliphatic rings. The van der Waals surface area contributed by atoms with Gasteiger partial charge in [0.25, 0.3) is 0 Å². The number of carbonyl (C=O) groups is 1. The first-order valence-electron chi connectivity index (χ1n) is 7.91. The predicted molar refractivity (Wildman–Crippen MR) is 90.4 cm³/mol. The minimum atomic E-state index is -0.242. The lowest BCUT2D eigenvalue weighted by Gasteiger charge is -2.13. The second kappa shape index (κ2) is 6.42. The van der Waals surface area contributed by atoms with Crippen LogP contribution in [0.4, 0.5) is 10.5 Å². The summed E-state index contributed by atoms with van der Waals surface area (Å²) in [6, 6.07) is 5.70. The molecular formula is C17H22N4O2. The average Bonchev–Trinajstić information content (AvgIpc) is 3.12. The lowest BCUT2D eigenvalue weighted by molar-refractivity contribution is 0.238. The monoisotopic (exact) mass is 314 g/mol. The van der Waals surface area contributed by atoms with Gasteiger partial charge in [0, 0.05) is 41.9 Å².